The van der Waals surface area contributed by atoms with E-state index in [9.17, 15) is 9.18 Å². The lowest BCUT2D eigenvalue weighted by Crippen LogP contribution is -2.45. The SMILES string of the molecule is CCN1CCN(Cc2cnc(Nc3ncc(F)c(-c4cc(F)c5nc(C)n(CCC(=O)OC)c5c4)n3)cc2N)CC1. The highest BCUT2D eigenvalue weighted by Gasteiger charge is 2.19. The smallest absolute Gasteiger partial charge is 0.307 e. The maximum absolute atomic E-state index is 15.1. The van der Waals surface area contributed by atoms with Crippen LogP contribution in [0.1, 0.15) is 24.7 Å². The number of fused-ring (bicyclic) bond motifs is 1. The van der Waals surface area contributed by atoms with Gasteiger partial charge in [0.2, 0.25) is 5.95 Å². The number of methoxy groups -OCH3 is 1. The summed E-state index contributed by atoms with van der Waals surface area (Å²) in [5.41, 5.74) is 8.46. The average molecular weight is 566 g/mol. The second-order valence-electron chi connectivity index (χ2n) is 9.96. The molecular formula is C28H33F2N9O2. The molecule has 0 atom stereocenters. The molecule has 0 aliphatic carbocycles. The van der Waals surface area contributed by atoms with Crippen molar-refractivity contribution in [3.05, 3.63) is 53.6 Å². The van der Waals surface area contributed by atoms with Crippen LogP contribution in [0.15, 0.2) is 30.6 Å². The molecule has 0 radical (unpaired) electrons. The molecule has 3 aromatic heterocycles. The molecule has 4 aromatic rings. The molecule has 0 saturated carbocycles. The maximum atomic E-state index is 15.1. The summed E-state index contributed by atoms with van der Waals surface area (Å²) < 4.78 is 36.4. The van der Waals surface area contributed by atoms with Crippen molar-refractivity contribution in [3.8, 4) is 11.3 Å². The Labute approximate surface area is 236 Å². The molecule has 216 valence electrons. The molecule has 3 N–H and O–H groups in total. The highest BCUT2D eigenvalue weighted by Crippen LogP contribution is 2.29. The molecule has 1 aromatic carbocycles. The van der Waals surface area contributed by atoms with E-state index in [1.54, 1.807) is 29.8 Å². The van der Waals surface area contributed by atoms with Gasteiger partial charge in [0.15, 0.2) is 11.6 Å². The number of nitrogens with zero attached hydrogens (tertiary/aromatic N) is 7. The van der Waals surface area contributed by atoms with Crippen LogP contribution in [-0.4, -0.2) is 80.1 Å². The number of ether oxygens (including phenoxy) is 1. The van der Waals surface area contributed by atoms with Crippen LogP contribution < -0.4 is 11.1 Å². The van der Waals surface area contributed by atoms with Gasteiger partial charge in [-0.2, -0.15) is 0 Å². The average Bonchev–Trinajstić information content (AvgIpc) is 3.29. The van der Waals surface area contributed by atoms with Crippen LogP contribution in [0.2, 0.25) is 0 Å². The van der Waals surface area contributed by atoms with Crippen molar-refractivity contribution >= 4 is 34.5 Å². The van der Waals surface area contributed by atoms with Gasteiger partial charge in [-0.15, -0.1) is 0 Å². The zero-order chi connectivity index (χ0) is 29.1. The number of rotatable bonds is 9. The summed E-state index contributed by atoms with van der Waals surface area (Å²) in [6, 6.07) is 4.47. The number of aryl methyl sites for hydroxylation is 2. The summed E-state index contributed by atoms with van der Waals surface area (Å²) in [6.07, 6.45) is 2.81. The van der Waals surface area contributed by atoms with Crippen LogP contribution in [0.5, 0.6) is 0 Å². The Bertz CT molecular complexity index is 1570. The van der Waals surface area contributed by atoms with Crippen molar-refractivity contribution in [1.82, 2.24) is 34.3 Å². The van der Waals surface area contributed by atoms with Crippen molar-refractivity contribution in [2.75, 3.05) is 50.9 Å². The Balaban J connectivity index is 1.36. The van der Waals surface area contributed by atoms with Gasteiger partial charge in [0.05, 0.1) is 25.2 Å². The summed E-state index contributed by atoms with van der Waals surface area (Å²) >= 11 is 0. The third kappa shape index (κ3) is 6.25. The van der Waals surface area contributed by atoms with E-state index >= 15 is 4.39 Å². The molecule has 5 rings (SSSR count). The predicted molar refractivity (Wildman–Crippen MR) is 151 cm³/mol. The highest BCUT2D eigenvalue weighted by atomic mass is 19.1. The van der Waals surface area contributed by atoms with Crippen molar-refractivity contribution in [3.63, 3.8) is 0 Å². The van der Waals surface area contributed by atoms with E-state index in [0.717, 1.165) is 44.5 Å². The number of hydrogen-bond donors (Lipinski definition) is 2. The Kier molecular flexibility index (Phi) is 8.36. The van der Waals surface area contributed by atoms with Crippen LogP contribution in [0.3, 0.4) is 0 Å². The molecule has 0 unspecified atom stereocenters. The standard InChI is InChI=1S/C28H33F2N9O2/c1-4-37-7-9-38(10-8-37)16-19-14-32-24(13-22(19)31)35-28-33-15-21(30)26(36-28)18-11-20(29)27-23(12-18)39(17(2)34-27)6-5-25(40)41-3/h11-15H,4-10,16H2,1-3H3,(H3,31,32,33,35,36). The maximum Gasteiger partial charge on any atom is 0.307 e. The number of carbonyl (C=O) groups excluding carboxylic acids is 1. The number of aromatic nitrogens is 5. The zero-order valence-electron chi connectivity index (χ0n) is 23.3. The second kappa shape index (κ2) is 12.1. The Hall–Kier alpha value is -4.23. The van der Waals surface area contributed by atoms with Crippen molar-refractivity contribution in [1.29, 1.82) is 0 Å². The van der Waals surface area contributed by atoms with E-state index < -0.39 is 17.6 Å². The van der Waals surface area contributed by atoms with E-state index in [2.05, 4.69) is 42.0 Å². The molecule has 11 nitrogen and oxygen atoms in total. The van der Waals surface area contributed by atoms with E-state index in [4.69, 9.17) is 10.5 Å². The number of halogens is 2. The number of nitrogens with two attached hydrogens (primary N) is 1. The molecule has 1 saturated heterocycles. The third-order valence-corrected chi connectivity index (χ3v) is 7.35. The lowest BCUT2D eigenvalue weighted by molar-refractivity contribution is -0.140. The van der Waals surface area contributed by atoms with Gasteiger partial charge >= 0.3 is 5.97 Å². The number of imidazole rings is 1. The van der Waals surface area contributed by atoms with E-state index in [1.807, 2.05) is 0 Å². The fraction of sp³-hybridized carbons (Fsp3) is 0.393. The van der Waals surface area contributed by atoms with Crippen LogP contribution >= 0.6 is 0 Å². The van der Waals surface area contributed by atoms with E-state index in [0.29, 0.717) is 29.4 Å². The van der Waals surface area contributed by atoms with Gasteiger partial charge in [0, 0.05) is 68.3 Å². The zero-order valence-corrected chi connectivity index (χ0v) is 23.3. The molecule has 4 heterocycles. The van der Waals surface area contributed by atoms with Crippen molar-refractivity contribution in [2.24, 2.45) is 0 Å². The summed E-state index contributed by atoms with van der Waals surface area (Å²) in [5.74, 6) is -0.771. The quantitative estimate of drug-likeness (QED) is 0.291. The molecular weight excluding hydrogens is 532 g/mol. The molecule has 0 bridgehead atoms. The lowest BCUT2D eigenvalue weighted by atomic mass is 10.1. The first-order valence-electron chi connectivity index (χ1n) is 13.5. The van der Waals surface area contributed by atoms with Crippen LogP contribution in [0.4, 0.5) is 26.2 Å². The van der Waals surface area contributed by atoms with Gasteiger partial charge in [-0.1, -0.05) is 6.92 Å². The Morgan fingerprint density at radius 2 is 1.80 bits per heavy atom. The molecule has 1 fully saturated rings. The first-order chi connectivity index (χ1) is 19.7. The van der Waals surface area contributed by atoms with Gasteiger partial charge in [-0.25, -0.2) is 28.7 Å². The van der Waals surface area contributed by atoms with Crippen molar-refractivity contribution in [2.45, 2.75) is 33.4 Å². The summed E-state index contributed by atoms with van der Waals surface area (Å²) in [4.78, 5) is 33.5. The molecule has 1 aliphatic rings. The number of piperazine rings is 1. The van der Waals surface area contributed by atoms with Crippen LogP contribution in [0.25, 0.3) is 22.3 Å². The van der Waals surface area contributed by atoms with Gasteiger partial charge in [0.1, 0.15) is 22.9 Å². The minimum atomic E-state index is -0.724. The summed E-state index contributed by atoms with van der Waals surface area (Å²) in [5, 5.41) is 2.97. The highest BCUT2D eigenvalue weighted by molar-refractivity contribution is 5.83. The largest absolute Gasteiger partial charge is 0.469 e. The fourth-order valence-electron chi connectivity index (χ4n) is 4.97. The number of nitrogen functional groups attached to an aromatic ring is 1. The number of esters is 1. The molecule has 13 heteroatoms. The van der Waals surface area contributed by atoms with Gasteiger partial charge in [0.25, 0.3) is 0 Å². The third-order valence-electron chi connectivity index (χ3n) is 7.35. The lowest BCUT2D eigenvalue weighted by Gasteiger charge is -2.34. The van der Waals surface area contributed by atoms with Crippen molar-refractivity contribution < 1.29 is 18.3 Å². The first-order valence-corrected chi connectivity index (χ1v) is 13.5. The molecule has 0 amide bonds. The molecule has 41 heavy (non-hydrogen) atoms. The van der Waals surface area contributed by atoms with E-state index in [-0.39, 0.29) is 35.7 Å². The summed E-state index contributed by atoms with van der Waals surface area (Å²) in [6.45, 7) is 9.86. The number of anilines is 3. The number of likely N-dealkylation sites (N-methyl/N-ethyl adjacent to an activating group) is 1. The topological polar surface area (TPSA) is 127 Å². The number of pyridine rings is 1. The minimum absolute atomic E-state index is 0.0765. The number of carbonyl (C=O) groups is 1. The fourth-order valence-corrected chi connectivity index (χ4v) is 4.97. The van der Waals surface area contributed by atoms with Gasteiger partial charge in [-0.3, -0.25) is 9.69 Å². The van der Waals surface area contributed by atoms with Crippen LogP contribution in [-0.2, 0) is 22.6 Å². The van der Waals surface area contributed by atoms with Gasteiger partial charge in [-0.05, 0) is 25.6 Å². The number of nitrogens with one attached hydrogen (secondary N) is 1. The molecule has 1 aliphatic heterocycles. The predicted octanol–water partition coefficient (Wildman–Crippen LogP) is 3.50. The summed E-state index contributed by atoms with van der Waals surface area (Å²) in [7, 11) is 1.30. The first kappa shape index (κ1) is 28.3. The molecule has 0 spiro atoms. The monoisotopic (exact) mass is 565 g/mol. The van der Waals surface area contributed by atoms with E-state index in [1.165, 1.54) is 13.2 Å². The van der Waals surface area contributed by atoms with Crippen LogP contribution in [0, 0.1) is 18.6 Å². The Morgan fingerprint density at radius 3 is 2.51 bits per heavy atom. The normalized spacial score (nSPS) is 14.5. The minimum Gasteiger partial charge on any atom is -0.469 e. The second-order valence-corrected chi connectivity index (χ2v) is 9.96. The number of hydrogen-bond acceptors (Lipinski definition) is 10. The number of benzene rings is 1. The Morgan fingerprint density at radius 1 is 1.05 bits per heavy atom. The van der Waals surface area contributed by atoms with Gasteiger partial charge < -0.3 is 25.3 Å².